The Labute approximate surface area is 872 Å². The number of nitrogens with zero attached hydrogens (tertiary/aromatic N) is 3. The number of unbranched alkanes of at least 4 members (excludes halogenated alkanes) is 2. The summed E-state index contributed by atoms with van der Waals surface area (Å²) in [5.41, 5.74) is 0.513. The maximum absolute atomic E-state index is 16.2. The molecule has 0 saturated carbocycles. The molecule has 4 amide bonds. The van der Waals surface area contributed by atoms with Crippen LogP contribution in [0.15, 0.2) is 134 Å². The zero-order valence-electron chi connectivity index (χ0n) is 85.2. The van der Waals surface area contributed by atoms with Crippen LogP contribution in [0, 0.1) is 5.41 Å². The molecule has 9 rings (SSSR count). The van der Waals surface area contributed by atoms with Crippen molar-refractivity contribution in [3.63, 3.8) is 0 Å². The van der Waals surface area contributed by atoms with Gasteiger partial charge in [0.1, 0.15) is 64.4 Å². The molecule has 4 N–H and O–H groups in total. The summed E-state index contributed by atoms with van der Waals surface area (Å²) in [6, 6.07) is 32.0. The number of methoxy groups -OCH3 is 6. The van der Waals surface area contributed by atoms with Gasteiger partial charge in [-0.15, -0.1) is 0 Å². The van der Waals surface area contributed by atoms with Gasteiger partial charge in [0, 0.05) is 136 Å². The fraction of sp³-hybridized carbons (Fsp3) is 0.538. The summed E-state index contributed by atoms with van der Waals surface area (Å²) < 4.78 is 153. The summed E-state index contributed by atoms with van der Waals surface area (Å²) in [6.45, 7) is 9.88. The van der Waals surface area contributed by atoms with E-state index in [1.807, 2.05) is 0 Å². The number of nitrogens with one attached hydrogen (secondary N) is 4. The Balaban J connectivity index is 0.0000264. The van der Waals surface area contributed by atoms with E-state index in [1.54, 1.807) is 140 Å². The van der Waals surface area contributed by atoms with Gasteiger partial charge in [0.05, 0.1) is 215 Å². The molecule has 0 saturated heterocycles. The summed E-state index contributed by atoms with van der Waals surface area (Å²) >= 11 is 0. The molecule has 0 atom stereocenters. The summed E-state index contributed by atoms with van der Waals surface area (Å²) in [5, 5.41) is 54.9. The molecule has 0 aliphatic carbocycles. The number of aromatic nitrogens is 3. The Hall–Kier alpha value is -10.8. The minimum Gasteiger partial charge on any atom is -0.870 e. The second-order valence-electron chi connectivity index (χ2n) is 32.9. The third kappa shape index (κ3) is 45.2. The van der Waals surface area contributed by atoms with Crippen molar-refractivity contribution in [2.75, 3.05) is 300 Å². The summed E-state index contributed by atoms with van der Waals surface area (Å²) in [4.78, 5) is 70.9. The third-order valence-corrected chi connectivity index (χ3v) is 22.3. The molecular weight excluding hydrogens is 2000 g/mol. The second kappa shape index (κ2) is 74.1. The maximum atomic E-state index is 16.2. The number of rotatable bonds is 86. The van der Waals surface area contributed by atoms with Crippen molar-refractivity contribution in [1.82, 2.24) is 36.2 Å². The van der Waals surface area contributed by atoms with Crippen molar-refractivity contribution in [1.29, 1.82) is 0 Å². The number of fused-ring (bicyclic) bond motifs is 3. The number of carbonyl (C=O) groups is 4. The largest absolute Gasteiger partial charge is 0.870 e. The van der Waals surface area contributed by atoms with E-state index < -0.39 is 46.3 Å². The number of hydrogen-bond acceptors (Lipinski definition) is 36. The first-order valence-electron chi connectivity index (χ1n) is 49.4. The van der Waals surface area contributed by atoms with Crippen LogP contribution in [0.4, 0.5) is 0 Å². The average molecular weight is 2140 g/mol. The van der Waals surface area contributed by atoms with E-state index in [0.717, 1.165) is 0 Å². The van der Waals surface area contributed by atoms with Gasteiger partial charge in [-0.2, -0.15) is 0 Å². The van der Waals surface area contributed by atoms with E-state index >= 15 is 4.79 Å². The first-order valence-corrected chi connectivity index (χ1v) is 49.4. The molecule has 1 radical (unpaired) electrons. The molecule has 3 aromatic heterocycles. The van der Waals surface area contributed by atoms with Crippen LogP contribution in [0.1, 0.15) is 99.1 Å². The molecule has 6 aromatic carbocycles. The van der Waals surface area contributed by atoms with Gasteiger partial charge in [0.25, 0.3) is 17.7 Å². The zero-order chi connectivity index (χ0) is 103. The molecule has 147 heavy (non-hydrogen) atoms. The molecule has 40 nitrogen and oxygen atoms in total. The van der Waals surface area contributed by atoms with Crippen LogP contribution in [-0.2, 0) is 130 Å². The first kappa shape index (κ1) is 121. The molecule has 811 valence electrons. The summed E-state index contributed by atoms with van der Waals surface area (Å²) in [5.74, 6) is -1.59. The van der Waals surface area contributed by atoms with E-state index in [4.69, 9.17) is 123 Å². The monoisotopic (exact) mass is 2140 g/mol. The number of benzene rings is 6. The smallest absolute Gasteiger partial charge is 0.250 e. The number of ether oxygens (including phenoxy) is 26. The summed E-state index contributed by atoms with van der Waals surface area (Å²) in [7, 11) is 9.59. The van der Waals surface area contributed by atoms with Crippen LogP contribution in [0.5, 0.6) is 63.2 Å². The molecule has 3 heterocycles. The van der Waals surface area contributed by atoms with E-state index in [0.29, 0.717) is 177 Å². The Morgan fingerprint density at radius 1 is 0.279 bits per heavy atom. The average Bonchev–Trinajstić information content (AvgIpc) is 0.808. The van der Waals surface area contributed by atoms with Gasteiger partial charge in [-0.25, -0.2) is 0 Å². The van der Waals surface area contributed by atoms with Crippen LogP contribution in [0.3, 0.4) is 0 Å². The molecule has 0 aliphatic heterocycles. The third-order valence-electron chi connectivity index (χ3n) is 22.3. The summed E-state index contributed by atoms with van der Waals surface area (Å²) in [6.07, 6.45) is 6.65. The number of pyridine rings is 3. The van der Waals surface area contributed by atoms with Crippen LogP contribution >= 0.6 is 0 Å². The van der Waals surface area contributed by atoms with E-state index in [-0.39, 0.29) is 283 Å². The Morgan fingerprint density at radius 2 is 0.537 bits per heavy atom. The molecule has 0 fully saturated rings. The van der Waals surface area contributed by atoms with Crippen molar-refractivity contribution >= 4 is 56.3 Å². The van der Waals surface area contributed by atoms with Crippen molar-refractivity contribution < 1.29 is 178 Å². The molecule has 0 spiro atoms. The minimum atomic E-state index is -1.27. The van der Waals surface area contributed by atoms with Gasteiger partial charge in [-0.1, -0.05) is 66.5 Å². The standard InChI is InChI=1S/C106H147N7O33.Tc/c1-121-33-39-127-45-51-133-57-63-139-90-71-80(72-91(140-64-58-134-52-46-128-40-34-122-2)100(90)143-67-61-137-55-49-131-43-37-125-5)77-145-85-69-79(70-86(75-85)146-78-81-73-92(141-65-59-135-53-47-129-41-35-123-3)101(144-68-62-138-56-50-132-44-38-126-6)93(74-81)142-66-60-136-54-48-130-42-36-124-4)76-113-105(120)106(26-14-32-112-104(119)89-23-20-84-17-13-31-109-96(84)99(89)116,24-7-9-27-110-102(117)87-21-18-82-15-11-29-107-94(82)97(87)114)25-8-10-28-111-103(118)88-22-19-83-16-12-30-108-95(83)98(88)115;/h11-13,15-23,29-31,69-75,114-116H,7-10,14,24-28,32-68,76-78H2,1-6H3,(H,110,117)(H,111,118)(H,112,119)(H,113,120);/p-3/i;1+1. The van der Waals surface area contributed by atoms with Crippen molar-refractivity contribution in [2.45, 2.75) is 71.1 Å². The van der Waals surface area contributed by atoms with E-state index in [9.17, 15) is 29.7 Å². The van der Waals surface area contributed by atoms with Gasteiger partial charge in [0.2, 0.25) is 17.4 Å². The fourth-order valence-electron chi connectivity index (χ4n) is 14.9. The topological polar surface area (TPSA) is 464 Å². The van der Waals surface area contributed by atoms with Gasteiger partial charge in [-0.3, -0.25) is 34.1 Å². The van der Waals surface area contributed by atoms with Crippen LogP contribution in [0.25, 0.3) is 32.7 Å². The predicted octanol–water partition coefficient (Wildman–Crippen LogP) is 9.07. The Morgan fingerprint density at radius 3 is 0.823 bits per heavy atom. The quantitative estimate of drug-likeness (QED) is 0.0258. The Kier molecular flexibility index (Phi) is 61.2. The first-order chi connectivity index (χ1) is 71.7. The molecule has 0 aliphatic rings. The molecule has 0 bridgehead atoms. The normalized spacial score (nSPS) is 11.4. The molecular formula is C106H144N7O33Tc-3. The number of hydrogen-bond donors (Lipinski definition) is 4. The molecule has 41 heteroatoms. The maximum Gasteiger partial charge on any atom is 0.250 e. The van der Waals surface area contributed by atoms with Gasteiger partial charge in [0.15, 0.2) is 23.0 Å². The van der Waals surface area contributed by atoms with Crippen molar-refractivity contribution in [3.8, 4) is 63.2 Å². The predicted molar refractivity (Wildman–Crippen MR) is 534 cm³/mol. The van der Waals surface area contributed by atoms with E-state index in [1.165, 1.54) is 36.8 Å². The zero-order valence-corrected chi connectivity index (χ0v) is 87.1. The fourth-order valence-corrected chi connectivity index (χ4v) is 14.9. The van der Waals surface area contributed by atoms with E-state index in [2.05, 4.69) is 36.2 Å². The number of amides is 4. The van der Waals surface area contributed by atoms with Crippen molar-refractivity contribution in [2.24, 2.45) is 5.41 Å². The molecule has 9 aromatic rings. The van der Waals surface area contributed by atoms with Crippen LogP contribution in [-0.4, -0.2) is 339 Å². The van der Waals surface area contributed by atoms with Gasteiger partial charge >= 0.3 is 0 Å². The Bertz CT molecular complexity index is 4880. The number of carbonyl (C=O) groups excluding carboxylic acids is 4. The van der Waals surface area contributed by atoms with Crippen molar-refractivity contribution in [3.05, 3.63) is 167 Å². The SMILES string of the molecule is COCCOCCOCCOc1cc(COc2cc(CNC(=O)C(CCCCNC(=O)c3ccc4cccnc4c3[O-])(CCCCNC(=O)c3ccc4cccnc4c3[O-])CCCNC(=O)c3ccc4cccnc4c3[O-])cc(OCc3cc(OCCOCCOCCOC)c(OCCOCCOCCOC)c(OCCOCCOCCOC)c3)c2)cc(OCCOCCOCCOC)c1OCCOCCOCCOC.[99Tc]. The van der Waals surface area contributed by atoms with Crippen LogP contribution < -0.4 is 74.5 Å². The van der Waals surface area contributed by atoms with Gasteiger partial charge in [-0.05, 0) is 144 Å². The second-order valence-corrected chi connectivity index (χ2v) is 32.9. The molecule has 0 unspecified atom stereocenters. The minimum absolute atomic E-state index is 0. The van der Waals surface area contributed by atoms with Crippen LogP contribution in [0.2, 0.25) is 0 Å². The van der Waals surface area contributed by atoms with Gasteiger partial charge < -0.3 is 160 Å².